The second kappa shape index (κ2) is 13.3. The van der Waals surface area contributed by atoms with Gasteiger partial charge in [0.05, 0.1) is 16.8 Å². The van der Waals surface area contributed by atoms with Gasteiger partial charge in [0.15, 0.2) is 5.17 Å². The first-order valence-corrected chi connectivity index (χ1v) is 19.6. The Labute approximate surface area is 274 Å². The number of nitriles is 1. The van der Waals surface area contributed by atoms with Crippen molar-refractivity contribution in [3.63, 3.8) is 0 Å². The minimum atomic E-state index is -1.43. The Hall–Kier alpha value is -3.60. The van der Waals surface area contributed by atoms with Crippen molar-refractivity contribution in [3.05, 3.63) is 64.7 Å². The molecule has 0 saturated heterocycles. The molecule has 0 bridgehead atoms. The third-order valence-corrected chi connectivity index (χ3v) is 11.0. The highest BCUT2D eigenvalue weighted by atomic mass is 32.2. The molecule has 1 aliphatic carbocycles. The van der Waals surface area contributed by atoms with Crippen molar-refractivity contribution in [2.24, 2.45) is 10.9 Å². The number of aromatic nitrogens is 1. The Morgan fingerprint density at radius 2 is 1.98 bits per heavy atom. The largest absolute Gasteiger partial charge is 0.443 e. The number of halogens is 2. The summed E-state index contributed by atoms with van der Waals surface area (Å²) in [7, 11) is 0.110. The smallest absolute Gasteiger partial charge is 0.418 e. The number of fused-ring (bicyclic) bond motifs is 1. The minimum absolute atomic E-state index is 0.0217. The fourth-order valence-electron chi connectivity index (χ4n) is 5.22. The van der Waals surface area contributed by atoms with Crippen LogP contribution in [0.4, 0.5) is 13.6 Å². The van der Waals surface area contributed by atoms with Crippen LogP contribution in [0.5, 0.6) is 0 Å². The van der Waals surface area contributed by atoms with E-state index in [2.05, 4.69) is 29.9 Å². The molecule has 246 valence electrons. The number of carbonyl (C=O) groups is 2. The molecule has 1 fully saturated rings. The van der Waals surface area contributed by atoms with Crippen molar-refractivity contribution < 1.29 is 27.8 Å². The number of carbonyl (C=O) groups excluding carboxylic acids is 2. The van der Waals surface area contributed by atoms with Gasteiger partial charge in [0.2, 0.25) is 5.91 Å². The van der Waals surface area contributed by atoms with Gasteiger partial charge in [-0.3, -0.25) is 14.8 Å². The van der Waals surface area contributed by atoms with Crippen LogP contribution < -0.4 is 5.32 Å². The van der Waals surface area contributed by atoms with Gasteiger partial charge in [-0.2, -0.15) is 5.26 Å². The highest BCUT2D eigenvalue weighted by Gasteiger charge is 2.71. The molecule has 0 unspecified atom stereocenters. The second-order valence-corrected chi connectivity index (χ2v) is 20.8. The zero-order valence-corrected chi connectivity index (χ0v) is 29.3. The van der Waals surface area contributed by atoms with E-state index in [-0.39, 0.29) is 29.1 Å². The molecule has 4 rings (SSSR count). The predicted octanol–water partition coefficient (Wildman–Crippen LogP) is 6.93. The van der Waals surface area contributed by atoms with Gasteiger partial charge in [-0.15, -0.1) is 0 Å². The van der Waals surface area contributed by atoms with Crippen molar-refractivity contribution >= 4 is 48.9 Å². The molecule has 2 heterocycles. The van der Waals surface area contributed by atoms with Crippen LogP contribution in [0, 0.1) is 23.1 Å². The number of hydrogen-bond acceptors (Lipinski definition) is 8. The van der Waals surface area contributed by atoms with E-state index in [4.69, 9.17) is 19.7 Å². The molecule has 1 aromatic carbocycles. The summed E-state index contributed by atoms with van der Waals surface area (Å²) in [5, 5.41) is 11.9. The van der Waals surface area contributed by atoms with E-state index in [1.165, 1.54) is 54.6 Å². The molecule has 1 aliphatic heterocycles. The number of nitrogens with one attached hydrogen (secondary N) is 1. The third kappa shape index (κ3) is 7.85. The number of ether oxygens (including phenoxy) is 2. The zero-order valence-electron chi connectivity index (χ0n) is 27.5. The van der Waals surface area contributed by atoms with E-state index in [0.717, 1.165) is 17.8 Å². The van der Waals surface area contributed by atoms with Gasteiger partial charge in [0, 0.05) is 39.4 Å². The van der Waals surface area contributed by atoms with Crippen molar-refractivity contribution in [3.8, 4) is 6.07 Å². The van der Waals surface area contributed by atoms with E-state index < -0.39 is 47.6 Å². The average molecular weight is 670 g/mol. The Bertz CT molecular complexity index is 1600. The summed E-state index contributed by atoms with van der Waals surface area (Å²) in [6, 6.07) is 9.84. The van der Waals surface area contributed by atoms with E-state index in [1.54, 1.807) is 27.7 Å². The molecule has 1 N–H and O–H groups in total. The molecule has 2 aliphatic rings. The molecule has 46 heavy (non-hydrogen) atoms. The van der Waals surface area contributed by atoms with E-state index in [9.17, 15) is 9.59 Å². The number of amidine groups is 1. The zero-order chi connectivity index (χ0) is 34.1. The van der Waals surface area contributed by atoms with Crippen LogP contribution in [0.15, 0.2) is 41.5 Å². The van der Waals surface area contributed by atoms with Gasteiger partial charge in [-0.25, -0.2) is 18.5 Å². The maximum Gasteiger partial charge on any atom is 0.418 e. The van der Waals surface area contributed by atoms with E-state index >= 15 is 8.78 Å². The average Bonchev–Trinajstić information content (AvgIpc) is 3.73. The minimum Gasteiger partial charge on any atom is -0.443 e. The van der Waals surface area contributed by atoms with Crippen LogP contribution in [0.1, 0.15) is 56.5 Å². The number of benzene rings is 1. The van der Waals surface area contributed by atoms with Crippen LogP contribution in [0.2, 0.25) is 25.7 Å². The molecule has 3 atom stereocenters. The Kier molecular flexibility index (Phi) is 10.2. The summed E-state index contributed by atoms with van der Waals surface area (Å²) in [6.45, 7) is 13.9. The molecule has 1 aromatic heterocycles. The number of amides is 2. The maximum atomic E-state index is 15.8. The topological polar surface area (TPSA) is 117 Å². The summed E-state index contributed by atoms with van der Waals surface area (Å²) in [5.74, 6) is -1.94. The molecule has 13 heteroatoms. The molecule has 1 saturated carbocycles. The van der Waals surface area contributed by atoms with Gasteiger partial charge in [0.1, 0.15) is 34.8 Å². The van der Waals surface area contributed by atoms with Crippen LogP contribution in [-0.2, 0) is 19.8 Å². The molecule has 2 amide bonds. The fourth-order valence-corrected chi connectivity index (χ4v) is 7.60. The monoisotopic (exact) mass is 669 g/mol. The van der Waals surface area contributed by atoms with Gasteiger partial charge < -0.3 is 14.8 Å². The summed E-state index contributed by atoms with van der Waals surface area (Å²) in [4.78, 5) is 37.2. The van der Waals surface area contributed by atoms with Crippen LogP contribution in [0.25, 0.3) is 11.9 Å². The highest BCUT2D eigenvalue weighted by Crippen LogP contribution is 2.66. The molecule has 9 nitrogen and oxygen atoms in total. The first kappa shape index (κ1) is 35.3. The van der Waals surface area contributed by atoms with Crippen LogP contribution in [0.3, 0.4) is 0 Å². The van der Waals surface area contributed by atoms with Crippen molar-refractivity contribution in [1.29, 1.82) is 5.26 Å². The molecule has 2 aromatic rings. The maximum absolute atomic E-state index is 15.8. The number of hydrogen-bond donors (Lipinski definition) is 1. The lowest BCUT2D eigenvalue weighted by molar-refractivity contribution is -0.121. The molecule has 0 radical (unpaired) electrons. The molecule has 0 spiro atoms. The first-order chi connectivity index (χ1) is 21.4. The van der Waals surface area contributed by atoms with Gasteiger partial charge in [0.25, 0.3) is 0 Å². The van der Waals surface area contributed by atoms with E-state index in [0.29, 0.717) is 24.2 Å². The van der Waals surface area contributed by atoms with Crippen LogP contribution in [-0.4, -0.2) is 65.9 Å². The normalized spacial score (nSPS) is 22.7. The molecular formula is C33H41F2N5O4SSi. The lowest BCUT2D eigenvalue weighted by atomic mass is 9.84. The first-order valence-electron chi connectivity index (χ1n) is 15.1. The van der Waals surface area contributed by atoms with Crippen molar-refractivity contribution in [1.82, 2.24) is 15.2 Å². The summed E-state index contributed by atoms with van der Waals surface area (Å²) in [6.07, 6.45) is 2.17. The number of rotatable bonds is 9. The standard InChI is InChI=1S/C33H41F2N5O4SSi/c1-31(2,3)44-30(42)40(20-43-13-14-46(6,7)8)29-39-32(4,27-17-33(27,45-29)28(41)37-5)23-15-21(9-11-24(23)34)16-25(35)26-12-10-22(18-36)19-38-26/h9-12,15-16,19,27H,13-14,17,20H2,1-8H3,(H,37,41)/b25-16-/t27-,32+,33-/m0/s1. The quantitative estimate of drug-likeness (QED) is 0.175. The number of pyridine rings is 1. The lowest BCUT2D eigenvalue weighted by Crippen LogP contribution is -2.48. The summed E-state index contributed by atoms with van der Waals surface area (Å²) < 4.78 is 41.6. The van der Waals surface area contributed by atoms with E-state index in [1.807, 2.05) is 6.07 Å². The molecular weight excluding hydrogens is 629 g/mol. The number of nitrogens with zero attached hydrogens (tertiary/aromatic N) is 4. The number of aliphatic imine (C=N–C) groups is 1. The van der Waals surface area contributed by atoms with Crippen LogP contribution >= 0.6 is 11.8 Å². The summed E-state index contributed by atoms with van der Waals surface area (Å²) >= 11 is 1.15. The lowest BCUT2D eigenvalue weighted by Gasteiger charge is -2.37. The third-order valence-electron chi connectivity index (χ3n) is 7.83. The highest BCUT2D eigenvalue weighted by molar-refractivity contribution is 8.16. The van der Waals surface area contributed by atoms with Crippen molar-refractivity contribution in [2.75, 3.05) is 20.4 Å². The Morgan fingerprint density at radius 1 is 1.26 bits per heavy atom. The summed E-state index contributed by atoms with van der Waals surface area (Å²) in [5.41, 5.74) is -1.31. The van der Waals surface area contributed by atoms with Gasteiger partial charge >= 0.3 is 6.09 Å². The SMILES string of the molecule is CNC(=O)[C@]12C[C@H]1[C@@](C)(c1cc(/C=C(\F)c3ccc(C#N)cn3)ccc1F)N=C(N(COCC[Si](C)(C)C)C(=O)OC(C)(C)C)S2. The Balaban J connectivity index is 1.77. The van der Waals surface area contributed by atoms with Crippen molar-refractivity contribution in [2.45, 2.75) is 75.7 Å². The fraction of sp³-hybridized carbons (Fsp3) is 0.485. The Morgan fingerprint density at radius 3 is 2.57 bits per heavy atom. The predicted molar refractivity (Wildman–Crippen MR) is 179 cm³/mol. The second-order valence-electron chi connectivity index (χ2n) is 13.9. The van der Waals surface area contributed by atoms with Gasteiger partial charge in [-0.1, -0.05) is 37.5 Å². The number of thioether (sulfide) groups is 1. The van der Waals surface area contributed by atoms with Gasteiger partial charge in [-0.05, 0) is 76.1 Å².